The maximum Gasteiger partial charge on any atom is -1.00 e. The van der Waals surface area contributed by atoms with Crippen molar-refractivity contribution in [1.29, 1.82) is 0 Å². The van der Waals surface area contributed by atoms with Crippen molar-refractivity contribution in [2.24, 2.45) is 0 Å². The van der Waals surface area contributed by atoms with E-state index in [1.165, 1.54) is 24.7 Å². The average Bonchev–Trinajstić information content (AvgIpc) is 3.04. The number of fused-ring (bicyclic) bond motifs is 1. The van der Waals surface area contributed by atoms with E-state index in [2.05, 4.69) is 0 Å². The van der Waals surface area contributed by atoms with E-state index in [0.717, 1.165) is 22.3 Å². The summed E-state index contributed by atoms with van der Waals surface area (Å²) in [5.74, 6) is 0.477. The Bertz CT molecular complexity index is 808. The summed E-state index contributed by atoms with van der Waals surface area (Å²) in [5.41, 5.74) is 4.06. The van der Waals surface area contributed by atoms with Crippen molar-refractivity contribution < 1.29 is 63.5 Å². The Kier molecular flexibility index (Phi) is 7.53. The Hall–Kier alpha value is -0.367. The molecule has 0 saturated carbocycles. The quantitative estimate of drug-likeness (QED) is 0.566. The molecule has 1 aromatic rings. The molecule has 125 valence electrons. The van der Waals surface area contributed by atoms with Crippen molar-refractivity contribution >= 4 is 13.7 Å². The van der Waals surface area contributed by atoms with Gasteiger partial charge < -0.3 is 24.8 Å². The molecule has 0 fully saturated rings. The van der Waals surface area contributed by atoms with Crippen LogP contribution in [0, 0.1) is 0 Å². The van der Waals surface area contributed by atoms with Crippen molar-refractivity contribution in [3.8, 4) is 0 Å². The molecule has 0 bridgehead atoms. The Morgan fingerprint density at radius 1 is 1.25 bits per heavy atom. The van der Waals surface area contributed by atoms with E-state index in [1.54, 1.807) is 12.2 Å². The van der Waals surface area contributed by atoms with Crippen LogP contribution in [0.1, 0.15) is 28.6 Å². The molecule has 2 unspecified atom stereocenters. The number of hydrogen-bond donors (Lipinski definition) is 1. The molecular formula is C17H16Cl2O3PZr. The second-order valence-corrected chi connectivity index (χ2v) is 8.71. The summed E-state index contributed by atoms with van der Waals surface area (Å²) in [6.45, 7) is 3.92. The predicted octanol–water partition coefficient (Wildman–Crippen LogP) is -1.37. The van der Waals surface area contributed by atoms with Crippen molar-refractivity contribution in [2.75, 3.05) is 0 Å². The fourth-order valence-corrected chi connectivity index (χ4v) is 5.99. The van der Waals surface area contributed by atoms with E-state index in [1.807, 2.05) is 50.3 Å². The average molecular weight is 461 g/mol. The largest absolute Gasteiger partial charge is 1.00 e. The van der Waals surface area contributed by atoms with E-state index in [4.69, 9.17) is 4.52 Å². The summed E-state index contributed by atoms with van der Waals surface area (Å²) >= 11 is 1.19. The first-order valence-corrected chi connectivity index (χ1v) is 10.0. The van der Waals surface area contributed by atoms with Crippen LogP contribution < -0.4 is 24.8 Å². The van der Waals surface area contributed by atoms with Gasteiger partial charge in [-0.2, -0.15) is 0 Å². The molecule has 2 aliphatic rings. The van der Waals surface area contributed by atoms with Crippen LogP contribution in [0.3, 0.4) is 0 Å². The molecule has 2 aliphatic carbocycles. The molecule has 0 amide bonds. The van der Waals surface area contributed by atoms with Crippen LogP contribution in [-0.2, 0) is 33.8 Å². The summed E-state index contributed by atoms with van der Waals surface area (Å²) in [6, 6.07) is 7.88. The van der Waals surface area contributed by atoms with E-state index >= 15 is 0 Å². The zero-order valence-corrected chi connectivity index (χ0v) is 18.0. The molecule has 7 heteroatoms. The molecule has 3 nitrogen and oxygen atoms in total. The second-order valence-electron chi connectivity index (χ2n) is 5.55. The molecule has 2 atom stereocenters. The van der Waals surface area contributed by atoms with Crippen LogP contribution >= 0.6 is 7.60 Å². The number of hydrogen-bond acceptors (Lipinski definition) is 2. The van der Waals surface area contributed by atoms with Crippen LogP contribution in [0.25, 0.3) is 6.08 Å². The first-order valence-electron chi connectivity index (χ1n) is 7.01. The Morgan fingerprint density at radius 3 is 2.54 bits per heavy atom. The third kappa shape index (κ3) is 4.06. The van der Waals surface area contributed by atoms with Crippen molar-refractivity contribution in [3.05, 3.63) is 75.8 Å². The van der Waals surface area contributed by atoms with Crippen LogP contribution in [0.4, 0.5) is 0 Å². The molecule has 1 N–H and O–H groups in total. The van der Waals surface area contributed by atoms with Gasteiger partial charge in [0.25, 0.3) is 0 Å². The van der Waals surface area contributed by atoms with Crippen LogP contribution in [0.15, 0.2) is 64.7 Å². The van der Waals surface area contributed by atoms with E-state index in [9.17, 15) is 9.46 Å². The normalized spacial score (nSPS) is 20.2. The van der Waals surface area contributed by atoms with E-state index < -0.39 is 7.60 Å². The van der Waals surface area contributed by atoms with Gasteiger partial charge in [-0.15, -0.1) is 0 Å². The molecule has 0 heterocycles. The van der Waals surface area contributed by atoms with Crippen molar-refractivity contribution in [2.45, 2.75) is 17.5 Å². The molecule has 3 rings (SSSR count). The fourth-order valence-electron chi connectivity index (χ4n) is 2.63. The summed E-state index contributed by atoms with van der Waals surface area (Å²) < 4.78 is 18.3. The molecular weight excluding hydrogens is 445 g/mol. The minimum absolute atomic E-state index is 0. The van der Waals surface area contributed by atoms with Gasteiger partial charge in [-0.25, -0.2) is 0 Å². The van der Waals surface area contributed by atoms with Crippen LogP contribution in [0.5, 0.6) is 0 Å². The topological polar surface area (TPSA) is 46.5 Å². The molecule has 0 spiro atoms. The first-order chi connectivity index (χ1) is 10.4. The fraction of sp³-hybridized carbons (Fsp3) is 0.176. The minimum atomic E-state index is -3.86. The summed E-state index contributed by atoms with van der Waals surface area (Å²) in [6.07, 6.45) is 7.29. The van der Waals surface area contributed by atoms with Gasteiger partial charge in [-0.05, 0) is 0 Å². The van der Waals surface area contributed by atoms with Gasteiger partial charge in [0.2, 0.25) is 0 Å². The van der Waals surface area contributed by atoms with Gasteiger partial charge >= 0.3 is 146 Å². The maximum absolute atomic E-state index is 12.8. The van der Waals surface area contributed by atoms with E-state index in [0.29, 0.717) is 11.1 Å². The smallest absolute Gasteiger partial charge is 1.00 e. The monoisotopic (exact) mass is 459 g/mol. The third-order valence-electron chi connectivity index (χ3n) is 3.77. The summed E-state index contributed by atoms with van der Waals surface area (Å²) in [7, 11) is -3.86. The Balaban J connectivity index is 0.00000144. The van der Waals surface area contributed by atoms with Gasteiger partial charge in [-0.3, -0.25) is 0 Å². The zero-order chi connectivity index (χ0) is 15.9. The van der Waals surface area contributed by atoms with Crippen LogP contribution in [0.2, 0.25) is 0 Å². The maximum atomic E-state index is 12.8. The number of benzene rings is 1. The number of rotatable bonds is 3. The first kappa shape index (κ1) is 21.7. The zero-order valence-electron chi connectivity index (χ0n) is 13.2. The minimum Gasteiger partial charge on any atom is -1.00 e. The van der Waals surface area contributed by atoms with Gasteiger partial charge in [0.1, 0.15) is 0 Å². The van der Waals surface area contributed by atoms with Gasteiger partial charge in [0.15, 0.2) is 0 Å². The molecule has 0 aliphatic heterocycles. The third-order valence-corrected chi connectivity index (χ3v) is 7.38. The van der Waals surface area contributed by atoms with Gasteiger partial charge in [0.05, 0.1) is 0 Å². The number of allylic oxidation sites excluding steroid dienone is 5. The second kappa shape index (κ2) is 8.34. The van der Waals surface area contributed by atoms with Crippen LogP contribution in [-0.4, -0.2) is 4.89 Å². The standard InChI is InChI=1S/C17H16O3P.2ClH.Zr/c1-12(2)16-8-5-9-17(16)20-21(18,19)15-10-13-6-3-4-7-14(13)11-15;;;/h3-11H,1-2H3,(H,18,19);2*1H;/q;;;+2/p-2. The molecule has 0 radical (unpaired) electrons. The Morgan fingerprint density at radius 2 is 1.92 bits per heavy atom. The molecule has 1 aromatic carbocycles. The molecule has 24 heavy (non-hydrogen) atoms. The predicted molar refractivity (Wildman–Crippen MR) is 83.7 cm³/mol. The molecule has 0 aromatic heterocycles. The van der Waals surface area contributed by atoms with Crippen molar-refractivity contribution in [3.63, 3.8) is 0 Å². The molecule has 0 saturated heterocycles. The van der Waals surface area contributed by atoms with Crippen molar-refractivity contribution in [1.82, 2.24) is 0 Å². The Labute approximate surface area is 169 Å². The van der Waals surface area contributed by atoms with E-state index in [-0.39, 0.29) is 28.4 Å². The summed E-state index contributed by atoms with van der Waals surface area (Å²) in [5, 5.41) is 0.493. The van der Waals surface area contributed by atoms with Gasteiger partial charge in [0, 0.05) is 0 Å². The summed E-state index contributed by atoms with van der Waals surface area (Å²) in [4.78, 5) is 10.5. The SMILES string of the molecule is CC(C)=C1C=CC=C1OP(=O)(O)C1=Cc2ccccc2[CH]1[Zr+2].[Cl-].[Cl-]. The number of halogens is 2. The van der Waals surface area contributed by atoms with Gasteiger partial charge in [-0.1, -0.05) is 0 Å².